The lowest BCUT2D eigenvalue weighted by atomic mass is 10.1. The van der Waals surface area contributed by atoms with Crippen molar-refractivity contribution in [2.45, 2.75) is 11.9 Å². The first-order valence-corrected chi connectivity index (χ1v) is 8.54. The summed E-state index contributed by atoms with van der Waals surface area (Å²) in [6.45, 7) is 3.44. The van der Waals surface area contributed by atoms with Gasteiger partial charge >= 0.3 is 11.8 Å². The van der Waals surface area contributed by atoms with Crippen LogP contribution in [0.4, 0.5) is 18.9 Å². The number of ether oxygens (including phenoxy) is 2. The van der Waals surface area contributed by atoms with Gasteiger partial charge in [0.2, 0.25) is 0 Å². The molecule has 1 aromatic carbocycles. The number of sulfonamides is 1. The largest absolute Gasteiger partial charge is 0.468 e. The van der Waals surface area contributed by atoms with Gasteiger partial charge in [-0.2, -0.15) is 13.8 Å². The predicted octanol–water partition coefficient (Wildman–Crippen LogP) is 1.30. The number of alkyl halides is 2. The fourth-order valence-corrected chi connectivity index (χ4v) is 2.27. The quantitative estimate of drug-likeness (QED) is 0.478. The molecule has 0 heterocycles. The van der Waals surface area contributed by atoms with E-state index in [1.54, 1.807) is 0 Å². The standard InChI is InChI=1S/C14H17F3N4O5S/c1-7(19-14(26-3)20-13(18)25-2)11(22)8-5-4-6-9(15)10(8)21-27(23,24)12(16)17/h4-6,11-12,21-22H,1H2,2-3H3,(H2,18,19,20). The number of amidine groups is 2. The third-order valence-electron chi connectivity index (χ3n) is 2.97. The van der Waals surface area contributed by atoms with Crippen molar-refractivity contribution in [3.8, 4) is 0 Å². The monoisotopic (exact) mass is 410 g/mol. The van der Waals surface area contributed by atoms with Crippen molar-refractivity contribution in [3.05, 3.63) is 41.9 Å². The van der Waals surface area contributed by atoms with Gasteiger partial charge in [0, 0.05) is 5.56 Å². The van der Waals surface area contributed by atoms with E-state index in [4.69, 9.17) is 10.5 Å². The van der Waals surface area contributed by atoms with Crippen LogP contribution in [-0.2, 0) is 19.5 Å². The molecule has 0 aliphatic carbocycles. The lowest BCUT2D eigenvalue weighted by molar-refractivity contribution is 0.214. The fraction of sp³-hybridized carbons (Fsp3) is 0.286. The van der Waals surface area contributed by atoms with Crippen molar-refractivity contribution in [3.63, 3.8) is 0 Å². The van der Waals surface area contributed by atoms with E-state index in [2.05, 4.69) is 21.3 Å². The van der Waals surface area contributed by atoms with Gasteiger partial charge in [0.25, 0.3) is 16.0 Å². The van der Waals surface area contributed by atoms with Crippen molar-refractivity contribution >= 4 is 27.8 Å². The van der Waals surface area contributed by atoms with Crippen LogP contribution in [0, 0.1) is 5.82 Å². The maximum absolute atomic E-state index is 14.0. The number of aliphatic hydroxyl groups excluding tert-OH is 1. The van der Waals surface area contributed by atoms with Crippen molar-refractivity contribution in [2.75, 3.05) is 18.9 Å². The minimum Gasteiger partial charge on any atom is -0.468 e. The van der Waals surface area contributed by atoms with E-state index in [1.165, 1.54) is 18.9 Å². The highest BCUT2D eigenvalue weighted by Crippen LogP contribution is 2.31. The molecule has 0 saturated heterocycles. The molecule has 4 N–H and O–H groups in total. The second-order valence-electron chi connectivity index (χ2n) is 4.76. The third-order valence-corrected chi connectivity index (χ3v) is 3.93. The molecule has 13 heteroatoms. The molecule has 0 aliphatic heterocycles. The van der Waals surface area contributed by atoms with E-state index in [0.29, 0.717) is 0 Å². The molecule has 0 spiro atoms. The SMILES string of the molecule is C=C(/N=C(\N=C(/N)OC)OC)C(O)c1cccc(F)c1NS(=O)(=O)C(F)F. The number of anilines is 1. The summed E-state index contributed by atoms with van der Waals surface area (Å²) in [5, 5.41) is 10.3. The lowest BCUT2D eigenvalue weighted by Crippen LogP contribution is -2.22. The van der Waals surface area contributed by atoms with Crippen LogP contribution in [0.5, 0.6) is 0 Å². The number of para-hydroxylation sites is 1. The summed E-state index contributed by atoms with van der Waals surface area (Å²) in [6, 6.07) is 2.33. The van der Waals surface area contributed by atoms with Gasteiger partial charge in [-0.3, -0.25) is 4.72 Å². The molecule has 0 saturated carbocycles. The van der Waals surface area contributed by atoms with E-state index < -0.39 is 39.0 Å². The van der Waals surface area contributed by atoms with E-state index in [-0.39, 0.29) is 17.7 Å². The van der Waals surface area contributed by atoms with E-state index in [1.807, 2.05) is 0 Å². The average Bonchev–Trinajstić information content (AvgIpc) is 2.61. The minimum atomic E-state index is -5.18. The first kappa shape index (κ1) is 22.2. The molecule has 0 aromatic heterocycles. The number of aliphatic imine (C=N–C) groups is 2. The molecule has 1 aromatic rings. The zero-order valence-corrected chi connectivity index (χ0v) is 15.0. The molecule has 150 valence electrons. The highest BCUT2D eigenvalue weighted by atomic mass is 32.2. The molecule has 27 heavy (non-hydrogen) atoms. The molecule has 0 amide bonds. The predicted molar refractivity (Wildman–Crippen MR) is 92.1 cm³/mol. The Hall–Kier alpha value is -2.80. The van der Waals surface area contributed by atoms with Crippen molar-refractivity contribution in [1.29, 1.82) is 0 Å². The van der Waals surface area contributed by atoms with Crippen molar-refractivity contribution in [2.24, 2.45) is 15.7 Å². The third kappa shape index (κ3) is 5.86. The Bertz CT molecular complexity index is 858. The van der Waals surface area contributed by atoms with Gasteiger partial charge in [0.15, 0.2) is 0 Å². The molecule has 9 nitrogen and oxygen atoms in total. The molecular formula is C14H17F3N4O5S. The van der Waals surface area contributed by atoms with Gasteiger partial charge in [-0.15, -0.1) is 4.99 Å². The Labute approximate surface area is 153 Å². The number of hydrogen-bond donors (Lipinski definition) is 3. The highest BCUT2D eigenvalue weighted by molar-refractivity contribution is 7.93. The van der Waals surface area contributed by atoms with Gasteiger partial charge in [-0.05, 0) is 6.07 Å². The fourth-order valence-electron chi connectivity index (χ4n) is 1.68. The molecule has 0 fully saturated rings. The first-order chi connectivity index (χ1) is 12.5. The molecule has 0 bridgehead atoms. The van der Waals surface area contributed by atoms with Crippen LogP contribution in [0.15, 0.2) is 40.5 Å². The van der Waals surface area contributed by atoms with Gasteiger partial charge in [0.1, 0.15) is 11.9 Å². The minimum absolute atomic E-state index is 0.325. The van der Waals surface area contributed by atoms with Crippen LogP contribution >= 0.6 is 0 Å². The van der Waals surface area contributed by atoms with Gasteiger partial charge in [-0.25, -0.2) is 12.8 Å². The Morgan fingerprint density at radius 1 is 1.30 bits per heavy atom. The number of methoxy groups -OCH3 is 2. The number of hydrogen-bond acceptors (Lipinski definition) is 6. The summed E-state index contributed by atoms with van der Waals surface area (Å²) in [4.78, 5) is 7.31. The molecule has 1 unspecified atom stereocenters. The van der Waals surface area contributed by atoms with Crippen molar-refractivity contribution in [1.82, 2.24) is 0 Å². The van der Waals surface area contributed by atoms with Crippen LogP contribution in [0.3, 0.4) is 0 Å². The maximum atomic E-state index is 14.0. The number of nitrogens with one attached hydrogen (secondary N) is 1. The first-order valence-electron chi connectivity index (χ1n) is 6.99. The van der Waals surface area contributed by atoms with Gasteiger partial charge < -0.3 is 20.3 Å². The van der Waals surface area contributed by atoms with E-state index in [9.17, 15) is 26.7 Å². The summed E-state index contributed by atoms with van der Waals surface area (Å²) in [5.41, 5.74) is 3.67. The Kier molecular flexibility index (Phi) is 7.60. The van der Waals surface area contributed by atoms with E-state index in [0.717, 1.165) is 18.2 Å². The maximum Gasteiger partial charge on any atom is 0.355 e. The molecule has 1 rings (SSSR count). The number of aliphatic hydroxyl groups is 1. The normalized spacial score (nSPS) is 14.0. The number of rotatable bonds is 6. The van der Waals surface area contributed by atoms with Crippen LogP contribution in [0.25, 0.3) is 0 Å². The van der Waals surface area contributed by atoms with Crippen LogP contribution in [0.1, 0.15) is 11.7 Å². The Morgan fingerprint density at radius 3 is 2.44 bits per heavy atom. The number of nitrogens with two attached hydrogens (primary N) is 1. The molecular weight excluding hydrogens is 393 g/mol. The summed E-state index contributed by atoms with van der Waals surface area (Å²) in [5.74, 6) is -5.00. The second kappa shape index (κ2) is 9.23. The zero-order valence-electron chi connectivity index (χ0n) is 14.2. The summed E-state index contributed by atoms with van der Waals surface area (Å²) < 4.78 is 72.6. The van der Waals surface area contributed by atoms with Crippen LogP contribution < -0.4 is 10.5 Å². The molecule has 0 aliphatic rings. The summed E-state index contributed by atoms with van der Waals surface area (Å²) in [7, 11) is -2.78. The topological polar surface area (TPSA) is 136 Å². The van der Waals surface area contributed by atoms with Gasteiger partial charge in [-0.1, -0.05) is 18.7 Å². The Morgan fingerprint density at radius 2 is 1.93 bits per heavy atom. The smallest absolute Gasteiger partial charge is 0.355 e. The van der Waals surface area contributed by atoms with Crippen molar-refractivity contribution < 1.29 is 36.2 Å². The summed E-state index contributed by atoms with van der Waals surface area (Å²) in [6.07, 6.45) is -1.79. The molecule has 0 radical (unpaired) electrons. The van der Waals surface area contributed by atoms with E-state index >= 15 is 0 Å². The lowest BCUT2D eigenvalue weighted by Gasteiger charge is -2.17. The van der Waals surface area contributed by atoms with Crippen LogP contribution in [-0.4, -0.2) is 45.5 Å². The molecule has 1 atom stereocenters. The highest BCUT2D eigenvalue weighted by Gasteiger charge is 2.28. The number of nitrogens with zero attached hydrogens (tertiary/aromatic N) is 2. The second-order valence-corrected chi connectivity index (χ2v) is 6.41. The summed E-state index contributed by atoms with van der Waals surface area (Å²) >= 11 is 0. The average molecular weight is 410 g/mol. The van der Waals surface area contributed by atoms with Gasteiger partial charge in [0.05, 0.1) is 25.6 Å². The number of halogens is 3. The van der Waals surface area contributed by atoms with Crippen LogP contribution in [0.2, 0.25) is 0 Å². The number of benzene rings is 1. The zero-order chi connectivity index (χ0) is 20.8. The Balaban J connectivity index is 3.30.